The molecule has 0 fully saturated rings. The van der Waals surface area contributed by atoms with Crippen molar-refractivity contribution in [1.29, 1.82) is 0 Å². The third-order valence-electron chi connectivity index (χ3n) is 3.76. The van der Waals surface area contributed by atoms with Crippen molar-refractivity contribution in [3.05, 3.63) is 64.8 Å². The number of aliphatic hydroxyl groups is 1. The Morgan fingerprint density at radius 1 is 1.19 bits per heavy atom. The van der Waals surface area contributed by atoms with Gasteiger partial charge in [0, 0.05) is 11.6 Å². The summed E-state index contributed by atoms with van der Waals surface area (Å²) in [5.41, 5.74) is -3.56. The average Bonchev–Trinajstić information content (AvgIpc) is 2.99. The van der Waals surface area contributed by atoms with E-state index in [-0.39, 0.29) is 17.2 Å². The number of hydrogen-bond donors (Lipinski definition) is 2. The fourth-order valence-corrected chi connectivity index (χ4v) is 2.69. The monoisotopic (exact) mass is 396 g/mol. The molecule has 0 saturated heterocycles. The molecule has 3 rings (SSSR count). The van der Waals surface area contributed by atoms with Crippen LogP contribution in [0.4, 0.5) is 13.2 Å². The summed E-state index contributed by atoms with van der Waals surface area (Å²) in [6.07, 6.45) is -3.50. The number of aromatic nitrogens is 4. The molecule has 0 bridgehead atoms. The van der Waals surface area contributed by atoms with Crippen molar-refractivity contribution >= 4 is 12.2 Å². The number of ether oxygens (including phenoxy) is 1. The van der Waals surface area contributed by atoms with Crippen molar-refractivity contribution in [3.8, 4) is 11.6 Å². The van der Waals surface area contributed by atoms with Crippen molar-refractivity contribution in [1.82, 2.24) is 19.7 Å². The van der Waals surface area contributed by atoms with E-state index >= 15 is 0 Å². The van der Waals surface area contributed by atoms with Gasteiger partial charge in [-0.25, -0.2) is 9.67 Å². The normalized spacial score (nSPS) is 14.0. The lowest BCUT2D eigenvalue weighted by molar-refractivity contribution is -0.144. The molecule has 10 heteroatoms. The van der Waals surface area contributed by atoms with Crippen molar-refractivity contribution in [2.75, 3.05) is 0 Å². The molecule has 2 heterocycles. The van der Waals surface area contributed by atoms with Crippen molar-refractivity contribution in [3.63, 3.8) is 0 Å². The number of H-pyrrole nitrogens is 1. The highest BCUT2D eigenvalue weighted by Gasteiger charge is 2.41. The van der Waals surface area contributed by atoms with Crippen LogP contribution in [0, 0.1) is 4.77 Å². The number of aromatic amines is 1. The second kappa shape index (κ2) is 7.12. The summed E-state index contributed by atoms with van der Waals surface area (Å²) >= 11 is 4.98. The molecule has 142 valence electrons. The van der Waals surface area contributed by atoms with E-state index in [1.165, 1.54) is 24.0 Å². The third kappa shape index (κ3) is 4.34. The minimum atomic E-state index is -4.79. The van der Waals surface area contributed by atoms with Gasteiger partial charge in [0.15, 0.2) is 10.5 Å². The first-order valence-electron chi connectivity index (χ1n) is 7.81. The standard InChI is InChI=1S/C17H15F3N4O2S/c1-16(25,9-24-15(27)21-10-22-24)12-7-8-13(23-14(12)17(18,19)20)26-11-5-3-2-4-6-11/h2-8,10,25H,9H2,1H3,(H,21,22,27). The van der Waals surface area contributed by atoms with Gasteiger partial charge < -0.3 is 14.8 Å². The van der Waals surface area contributed by atoms with Crippen molar-refractivity contribution in [2.24, 2.45) is 0 Å². The molecule has 0 saturated carbocycles. The summed E-state index contributed by atoms with van der Waals surface area (Å²) in [6.45, 7) is 0.965. The highest BCUT2D eigenvalue weighted by molar-refractivity contribution is 7.71. The zero-order chi connectivity index (χ0) is 19.7. The van der Waals surface area contributed by atoms with Crippen LogP contribution in [0.3, 0.4) is 0 Å². The number of alkyl halides is 3. The van der Waals surface area contributed by atoms with E-state index in [0.29, 0.717) is 5.75 Å². The van der Waals surface area contributed by atoms with E-state index < -0.39 is 23.0 Å². The summed E-state index contributed by atoms with van der Waals surface area (Å²) < 4.78 is 47.5. The maximum absolute atomic E-state index is 13.6. The Balaban J connectivity index is 1.99. The predicted molar refractivity (Wildman–Crippen MR) is 92.7 cm³/mol. The number of para-hydroxylation sites is 1. The Morgan fingerprint density at radius 2 is 1.89 bits per heavy atom. The number of nitrogens with zero attached hydrogens (tertiary/aromatic N) is 3. The molecule has 0 aliphatic carbocycles. The lowest BCUT2D eigenvalue weighted by Crippen LogP contribution is -2.32. The van der Waals surface area contributed by atoms with E-state index in [9.17, 15) is 18.3 Å². The predicted octanol–water partition coefficient (Wildman–Crippen LogP) is 4.05. The lowest BCUT2D eigenvalue weighted by atomic mass is 9.94. The summed E-state index contributed by atoms with van der Waals surface area (Å²) in [4.78, 5) is 6.21. The Kier molecular flexibility index (Phi) is 5.03. The SMILES string of the molecule is CC(O)(Cn1nc[nH]c1=S)c1ccc(Oc2ccccc2)nc1C(F)(F)F. The van der Waals surface area contributed by atoms with Gasteiger partial charge in [-0.1, -0.05) is 18.2 Å². The van der Waals surface area contributed by atoms with E-state index in [2.05, 4.69) is 15.1 Å². The largest absolute Gasteiger partial charge is 0.439 e. The van der Waals surface area contributed by atoms with Gasteiger partial charge in [0.05, 0.1) is 6.54 Å². The number of nitrogens with one attached hydrogen (secondary N) is 1. The third-order valence-corrected chi connectivity index (χ3v) is 4.09. The Hall–Kier alpha value is -2.72. The van der Waals surface area contributed by atoms with Gasteiger partial charge >= 0.3 is 6.18 Å². The molecule has 2 aromatic heterocycles. The van der Waals surface area contributed by atoms with E-state index in [4.69, 9.17) is 17.0 Å². The minimum absolute atomic E-state index is 0.181. The summed E-state index contributed by atoms with van der Waals surface area (Å²) in [6, 6.07) is 10.7. The Morgan fingerprint density at radius 3 is 2.48 bits per heavy atom. The van der Waals surface area contributed by atoms with Crippen LogP contribution in [0.5, 0.6) is 11.6 Å². The molecule has 27 heavy (non-hydrogen) atoms. The maximum atomic E-state index is 13.6. The number of benzene rings is 1. The first-order valence-corrected chi connectivity index (χ1v) is 8.22. The molecular weight excluding hydrogens is 381 g/mol. The van der Waals surface area contributed by atoms with E-state index in [1.54, 1.807) is 30.3 Å². The van der Waals surface area contributed by atoms with E-state index in [1.807, 2.05) is 0 Å². The van der Waals surface area contributed by atoms with Gasteiger partial charge in [-0.2, -0.15) is 18.3 Å². The fraction of sp³-hybridized carbons (Fsp3) is 0.235. The summed E-state index contributed by atoms with van der Waals surface area (Å²) in [7, 11) is 0. The van der Waals surface area contributed by atoms with Gasteiger partial charge in [0.25, 0.3) is 0 Å². The molecule has 0 radical (unpaired) electrons. The summed E-state index contributed by atoms with van der Waals surface area (Å²) in [5.74, 6) is 0.116. The average molecular weight is 396 g/mol. The van der Waals surface area contributed by atoms with Crippen LogP contribution in [0.1, 0.15) is 18.2 Å². The molecular formula is C17H15F3N4O2S. The molecule has 1 unspecified atom stereocenters. The number of rotatable bonds is 5. The molecule has 0 aliphatic rings. The van der Waals surface area contributed by atoms with Crippen LogP contribution in [0.2, 0.25) is 0 Å². The number of pyridine rings is 1. The Bertz CT molecular complexity index is 984. The zero-order valence-electron chi connectivity index (χ0n) is 14.1. The molecule has 6 nitrogen and oxygen atoms in total. The molecule has 0 aliphatic heterocycles. The highest BCUT2D eigenvalue weighted by Crippen LogP contribution is 2.37. The lowest BCUT2D eigenvalue weighted by Gasteiger charge is -2.26. The molecule has 1 aromatic carbocycles. The van der Waals surface area contributed by atoms with Crippen LogP contribution in [-0.4, -0.2) is 24.9 Å². The first kappa shape index (κ1) is 19.1. The van der Waals surface area contributed by atoms with Gasteiger partial charge in [-0.05, 0) is 37.3 Å². The minimum Gasteiger partial charge on any atom is -0.439 e. The molecule has 0 amide bonds. The first-order chi connectivity index (χ1) is 12.7. The van der Waals surface area contributed by atoms with Crippen LogP contribution < -0.4 is 4.74 Å². The second-order valence-electron chi connectivity index (χ2n) is 5.98. The maximum Gasteiger partial charge on any atom is 0.433 e. The van der Waals surface area contributed by atoms with Gasteiger partial charge in [0.1, 0.15) is 17.7 Å². The van der Waals surface area contributed by atoms with Crippen LogP contribution in [0.15, 0.2) is 48.8 Å². The number of halogens is 3. The van der Waals surface area contributed by atoms with Crippen LogP contribution >= 0.6 is 12.2 Å². The van der Waals surface area contributed by atoms with Crippen molar-refractivity contribution < 1.29 is 23.0 Å². The molecule has 3 aromatic rings. The quantitative estimate of drug-likeness (QED) is 0.637. The molecule has 0 spiro atoms. The smallest absolute Gasteiger partial charge is 0.433 e. The zero-order valence-corrected chi connectivity index (χ0v) is 14.9. The summed E-state index contributed by atoms with van der Waals surface area (Å²) in [5, 5.41) is 14.6. The molecule has 1 atom stereocenters. The second-order valence-corrected chi connectivity index (χ2v) is 6.37. The fourth-order valence-electron chi connectivity index (χ4n) is 2.53. The topological polar surface area (TPSA) is 76.0 Å². The Labute approximate surface area is 157 Å². The molecule has 2 N–H and O–H groups in total. The van der Waals surface area contributed by atoms with E-state index in [0.717, 1.165) is 6.07 Å². The van der Waals surface area contributed by atoms with Gasteiger partial charge in [-0.3, -0.25) is 0 Å². The van der Waals surface area contributed by atoms with Crippen molar-refractivity contribution in [2.45, 2.75) is 25.2 Å². The number of hydrogen-bond acceptors (Lipinski definition) is 5. The van der Waals surface area contributed by atoms with Gasteiger partial charge in [0.2, 0.25) is 5.88 Å². The van der Waals surface area contributed by atoms with Gasteiger partial charge in [-0.15, -0.1) is 0 Å². The van der Waals surface area contributed by atoms with Crippen LogP contribution in [0.25, 0.3) is 0 Å². The highest BCUT2D eigenvalue weighted by atomic mass is 32.1. The van der Waals surface area contributed by atoms with Crippen LogP contribution in [-0.2, 0) is 18.3 Å².